The van der Waals surface area contributed by atoms with Crippen LogP contribution >= 0.6 is 11.6 Å². The molecule has 2 heterocycles. The Kier molecular flexibility index (Phi) is 3.29. The Hall–Kier alpha value is -1.39. The molecule has 0 spiro atoms. The number of halogens is 1. The summed E-state index contributed by atoms with van der Waals surface area (Å²) >= 11 is 6.05. The van der Waals surface area contributed by atoms with Crippen molar-refractivity contribution < 1.29 is 0 Å². The second kappa shape index (κ2) is 4.94. The van der Waals surface area contributed by atoms with Crippen molar-refractivity contribution >= 4 is 28.3 Å². The van der Waals surface area contributed by atoms with Gasteiger partial charge in [-0.05, 0) is 37.6 Å². The van der Waals surface area contributed by atoms with E-state index in [1.165, 1.54) is 0 Å². The molecule has 0 aliphatic carbocycles. The van der Waals surface area contributed by atoms with Crippen molar-refractivity contribution in [3.05, 3.63) is 29.5 Å². The van der Waals surface area contributed by atoms with Crippen molar-refractivity contribution in [1.29, 1.82) is 0 Å². The van der Waals surface area contributed by atoms with E-state index in [-0.39, 0.29) is 0 Å². The first kappa shape index (κ1) is 12.6. The fourth-order valence-corrected chi connectivity index (χ4v) is 2.94. The number of anilines is 1. The quantitative estimate of drug-likeness (QED) is 0.813. The lowest BCUT2D eigenvalue weighted by Gasteiger charge is -2.37. The second-order valence-corrected chi connectivity index (χ2v) is 5.55. The smallest absolute Gasteiger partial charge is 0.224 e. The standard InChI is InChI=1S/C14H17ClN4/c1-9-7-19(8-10(2)16-9)13-11-5-3-4-6-12(11)17-14(15)18-13/h3-6,9-10,16H,7-8H2,1-2H3/t9-,10-/m1/s1. The van der Waals surface area contributed by atoms with E-state index in [4.69, 9.17) is 11.6 Å². The maximum absolute atomic E-state index is 6.05. The molecule has 3 rings (SSSR count). The summed E-state index contributed by atoms with van der Waals surface area (Å²) in [6.07, 6.45) is 0. The second-order valence-electron chi connectivity index (χ2n) is 5.21. The number of nitrogens with one attached hydrogen (secondary N) is 1. The highest BCUT2D eigenvalue weighted by molar-refractivity contribution is 6.28. The summed E-state index contributed by atoms with van der Waals surface area (Å²) in [7, 11) is 0. The lowest BCUT2D eigenvalue weighted by molar-refractivity contribution is 0.406. The predicted molar refractivity (Wildman–Crippen MR) is 78.8 cm³/mol. The van der Waals surface area contributed by atoms with Crippen LogP contribution in [0.1, 0.15) is 13.8 Å². The fourth-order valence-electron chi connectivity index (χ4n) is 2.77. The van der Waals surface area contributed by atoms with Gasteiger partial charge in [0, 0.05) is 30.6 Å². The topological polar surface area (TPSA) is 41.1 Å². The number of rotatable bonds is 1. The first-order valence-corrected chi connectivity index (χ1v) is 6.94. The van der Waals surface area contributed by atoms with Crippen LogP contribution in [0.4, 0.5) is 5.82 Å². The highest BCUT2D eigenvalue weighted by atomic mass is 35.5. The maximum atomic E-state index is 6.05. The molecule has 1 fully saturated rings. The van der Waals surface area contributed by atoms with Crippen LogP contribution in [0.5, 0.6) is 0 Å². The van der Waals surface area contributed by atoms with E-state index in [9.17, 15) is 0 Å². The van der Waals surface area contributed by atoms with Crippen LogP contribution < -0.4 is 10.2 Å². The van der Waals surface area contributed by atoms with Gasteiger partial charge in [-0.2, -0.15) is 4.98 Å². The summed E-state index contributed by atoms with van der Waals surface area (Å²) in [4.78, 5) is 11.0. The van der Waals surface area contributed by atoms with Gasteiger partial charge >= 0.3 is 0 Å². The van der Waals surface area contributed by atoms with Crippen LogP contribution in [0.3, 0.4) is 0 Å². The average molecular weight is 277 g/mol. The van der Waals surface area contributed by atoms with Crippen LogP contribution in [-0.2, 0) is 0 Å². The van der Waals surface area contributed by atoms with Crippen LogP contribution in [0, 0.1) is 0 Å². The molecule has 1 saturated heterocycles. The number of nitrogens with zero attached hydrogens (tertiary/aromatic N) is 3. The Balaban J connectivity index is 2.08. The minimum atomic E-state index is 0.313. The lowest BCUT2D eigenvalue weighted by Crippen LogP contribution is -2.54. The van der Waals surface area contributed by atoms with E-state index < -0.39 is 0 Å². The van der Waals surface area contributed by atoms with Crippen LogP contribution in [0.25, 0.3) is 10.9 Å². The van der Waals surface area contributed by atoms with Crippen LogP contribution in [-0.4, -0.2) is 35.1 Å². The normalized spacial score (nSPS) is 23.8. The Morgan fingerprint density at radius 2 is 1.84 bits per heavy atom. The van der Waals surface area contributed by atoms with Gasteiger partial charge in [0.2, 0.25) is 5.28 Å². The molecule has 2 atom stereocenters. The van der Waals surface area contributed by atoms with E-state index in [1.54, 1.807) is 0 Å². The molecular weight excluding hydrogens is 260 g/mol. The number of para-hydroxylation sites is 1. The molecule has 100 valence electrons. The lowest BCUT2D eigenvalue weighted by atomic mass is 10.1. The van der Waals surface area contributed by atoms with E-state index >= 15 is 0 Å². The van der Waals surface area contributed by atoms with Crippen LogP contribution in [0.2, 0.25) is 5.28 Å². The highest BCUT2D eigenvalue weighted by Gasteiger charge is 2.23. The zero-order valence-corrected chi connectivity index (χ0v) is 11.9. The summed E-state index contributed by atoms with van der Waals surface area (Å²) in [5, 5.41) is 4.90. The summed E-state index contributed by atoms with van der Waals surface area (Å²) in [5.41, 5.74) is 0.899. The van der Waals surface area contributed by atoms with Crippen molar-refractivity contribution in [1.82, 2.24) is 15.3 Å². The third kappa shape index (κ3) is 2.51. The fraction of sp³-hybridized carbons (Fsp3) is 0.429. The largest absolute Gasteiger partial charge is 0.353 e. The van der Waals surface area contributed by atoms with Gasteiger partial charge in [-0.25, -0.2) is 4.98 Å². The van der Waals surface area contributed by atoms with E-state index in [2.05, 4.69) is 40.1 Å². The van der Waals surface area contributed by atoms with Gasteiger partial charge in [0.1, 0.15) is 5.82 Å². The molecule has 0 bridgehead atoms. The van der Waals surface area contributed by atoms with Gasteiger partial charge in [0.25, 0.3) is 0 Å². The third-order valence-electron chi connectivity index (χ3n) is 3.41. The molecule has 2 aromatic rings. The zero-order valence-electron chi connectivity index (χ0n) is 11.1. The SMILES string of the molecule is C[C@@H]1CN(c2nc(Cl)nc3ccccc23)C[C@@H](C)N1. The minimum absolute atomic E-state index is 0.313. The van der Waals surface area contributed by atoms with Gasteiger partial charge < -0.3 is 10.2 Å². The zero-order chi connectivity index (χ0) is 13.4. The number of hydrogen-bond acceptors (Lipinski definition) is 4. The average Bonchev–Trinajstić information content (AvgIpc) is 2.36. The van der Waals surface area contributed by atoms with Gasteiger partial charge in [-0.15, -0.1) is 0 Å². The molecule has 1 aromatic carbocycles. The Labute approximate surface area is 117 Å². The van der Waals surface area contributed by atoms with Crippen LogP contribution in [0.15, 0.2) is 24.3 Å². The van der Waals surface area contributed by atoms with E-state index in [1.807, 2.05) is 18.2 Å². The molecule has 1 aliphatic heterocycles. The first-order chi connectivity index (χ1) is 9.13. The Bertz CT molecular complexity index is 591. The molecule has 19 heavy (non-hydrogen) atoms. The molecule has 1 aliphatic rings. The van der Waals surface area contributed by atoms with Crippen molar-refractivity contribution in [2.24, 2.45) is 0 Å². The van der Waals surface area contributed by atoms with Gasteiger partial charge in [-0.3, -0.25) is 0 Å². The van der Waals surface area contributed by atoms with E-state index in [0.29, 0.717) is 17.4 Å². The van der Waals surface area contributed by atoms with Crippen molar-refractivity contribution in [2.75, 3.05) is 18.0 Å². The molecule has 5 heteroatoms. The Morgan fingerprint density at radius 3 is 2.58 bits per heavy atom. The summed E-state index contributed by atoms with van der Waals surface area (Å²) in [5.74, 6) is 0.941. The molecule has 0 saturated carbocycles. The van der Waals surface area contributed by atoms with Gasteiger partial charge in [0.05, 0.1) is 5.52 Å². The summed E-state index contributed by atoms with van der Waals surface area (Å²) in [6.45, 7) is 6.24. The predicted octanol–water partition coefficient (Wildman–Crippen LogP) is 2.47. The molecule has 0 amide bonds. The number of fused-ring (bicyclic) bond motifs is 1. The maximum Gasteiger partial charge on any atom is 0.224 e. The number of piperazine rings is 1. The number of aromatic nitrogens is 2. The van der Waals surface area contributed by atoms with Crippen molar-refractivity contribution in [3.8, 4) is 0 Å². The molecule has 4 nitrogen and oxygen atoms in total. The first-order valence-electron chi connectivity index (χ1n) is 6.57. The van der Waals surface area contributed by atoms with Crippen molar-refractivity contribution in [2.45, 2.75) is 25.9 Å². The van der Waals surface area contributed by atoms with Gasteiger partial charge in [-0.1, -0.05) is 12.1 Å². The molecular formula is C14H17ClN4. The molecule has 0 unspecified atom stereocenters. The summed E-state index contributed by atoms with van der Waals surface area (Å²) < 4.78 is 0. The number of hydrogen-bond donors (Lipinski definition) is 1. The third-order valence-corrected chi connectivity index (χ3v) is 3.58. The molecule has 0 radical (unpaired) electrons. The van der Waals surface area contributed by atoms with Gasteiger partial charge in [0.15, 0.2) is 0 Å². The monoisotopic (exact) mass is 276 g/mol. The highest BCUT2D eigenvalue weighted by Crippen LogP contribution is 2.26. The number of benzene rings is 1. The minimum Gasteiger partial charge on any atom is -0.353 e. The Morgan fingerprint density at radius 1 is 1.16 bits per heavy atom. The summed E-state index contributed by atoms with van der Waals surface area (Å²) in [6, 6.07) is 8.89. The van der Waals surface area contributed by atoms with Crippen molar-refractivity contribution in [3.63, 3.8) is 0 Å². The molecule has 1 N–H and O–H groups in total. The molecule has 1 aromatic heterocycles. The van der Waals surface area contributed by atoms with E-state index in [0.717, 1.165) is 29.8 Å².